The van der Waals surface area contributed by atoms with Crippen molar-refractivity contribution in [3.63, 3.8) is 0 Å². The zero-order valence-electron chi connectivity index (χ0n) is 17.9. The second kappa shape index (κ2) is 8.36. The first kappa shape index (κ1) is 20.4. The number of nitrogens with one attached hydrogen (secondary N) is 1. The normalized spacial score (nSPS) is 15.5. The Kier molecular flexibility index (Phi) is 6.09. The molecule has 3 rings (SSSR count). The summed E-state index contributed by atoms with van der Waals surface area (Å²) in [5.41, 5.74) is 5.31. The Balaban J connectivity index is 1.66. The van der Waals surface area contributed by atoms with Crippen LogP contribution in [0.25, 0.3) is 0 Å². The highest BCUT2D eigenvalue weighted by atomic mass is 16.1. The molecule has 0 radical (unpaired) electrons. The Hall–Kier alpha value is -2.33. The fraction of sp³-hybridized carbons (Fsp3) is 0.458. The minimum Gasteiger partial charge on any atom is -0.369 e. The lowest BCUT2D eigenvalue weighted by Gasteiger charge is -2.36. The molecule has 1 aliphatic rings. The van der Waals surface area contributed by atoms with Crippen LogP contribution in [0.5, 0.6) is 0 Å². The lowest BCUT2D eigenvalue weighted by atomic mass is 9.87. The molecule has 1 fully saturated rings. The van der Waals surface area contributed by atoms with E-state index in [9.17, 15) is 4.79 Å². The number of aryl methyl sites for hydroxylation is 1. The van der Waals surface area contributed by atoms with E-state index >= 15 is 0 Å². The molecule has 2 aromatic carbocycles. The molecule has 150 valence electrons. The van der Waals surface area contributed by atoms with Gasteiger partial charge in [-0.15, -0.1) is 0 Å². The summed E-state index contributed by atoms with van der Waals surface area (Å²) in [7, 11) is 0. The number of carbonyl (C=O) groups is 1. The Morgan fingerprint density at radius 2 is 1.64 bits per heavy atom. The molecule has 2 aromatic rings. The van der Waals surface area contributed by atoms with Crippen LogP contribution in [0.1, 0.15) is 49.2 Å². The number of amides is 1. The third-order valence-electron chi connectivity index (χ3n) is 5.63. The molecule has 1 amide bonds. The average molecular weight is 380 g/mol. The number of benzene rings is 2. The van der Waals surface area contributed by atoms with E-state index in [2.05, 4.69) is 61.9 Å². The van der Waals surface area contributed by atoms with Gasteiger partial charge in [0.25, 0.3) is 5.91 Å². The van der Waals surface area contributed by atoms with Crippen LogP contribution >= 0.6 is 0 Å². The number of rotatable bonds is 4. The molecule has 0 aromatic heterocycles. The highest BCUT2D eigenvalue weighted by Crippen LogP contribution is 2.26. The largest absolute Gasteiger partial charge is 0.369 e. The average Bonchev–Trinajstić information content (AvgIpc) is 2.68. The van der Waals surface area contributed by atoms with Crippen molar-refractivity contribution >= 4 is 17.3 Å². The van der Waals surface area contributed by atoms with Gasteiger partial charge in [-0.25, -0.2) is 0 Å². The Morgan fingerprint density at radius 3 is 2.18 bits per heavy atom. The molecule has 4 nitrogen and oxygen atoms in total. The molecule has 0 aliphatic carbocycles. The molecular weight excluding hydrogens is 346 g/mol. The highest BCUT2D eigenvalue weighted by molar-refractivity contribution is 6.04. The van der Waals surface area contributed by atoms with Gasteiger partial charge in [0.1, 0.15) is 0 Å². The number of anilines is 2. The maximum atomic E-state index is 12.6. The number of likely N-dealkylation sites (N-methyl/N-ethyl adjacent to an activating group) is 1. The second-order valence-corrected chi connectivity index (χ2v) is 8.70. The minimum absolute atomic E-state index is 0.0656. The first-order valence-corrected chi connectivity index (χ1v) is 10.3. The van der Waals surface area contributed by atoms with Crippen LogP contribution in [0.15, 0.2) is 42.5 Å². The van der Waals surface area contributed by atoms with Crippen molar-refractivity contribution in [3.8, 4) is 0 Å². The number of carbonyl (C=O) groups excluding carboxylic acids is 1. The summed E-state index contributed by atoms with van der Waals surface area (Å²) in [5.74, 6) is -0.0656. The maximum absolute atomic E-state index is 12.6. The van der Waals surface area contributed by atoms with Crippen molar-refractivity contribution in [2.75, 3.05) is 42.9 Å². The van der Waals surface area contributed by atoms with E-state index < -0.39 is 0 Å². The standard InChI is InChI=1S/C24H33N3O/c1-6-26-13-15-27(16-14-26)22-12-11-21(17-18(22)2)25-23(28)19-7-9-20(10-8-19)24(3,4)5/h7-12,17H,6,13-16H2,1-5H3,(H,25,28). The summed E-state index contributed by atoms with van der Waals surface area (Å²) in [6.07, 6.45) is 0. The summed E-state index contributed by atoms with van der Waals surface area (Å²) >= 11 is 0. The molecule has 0 unspecified atom stereocenters. The van der Waals surface area contributed by atoms with Crippen LogP contribution < -0.4 is 10.2 Å². The zero-order chi connectivity index (χ0) is 20.3. The number of hydrogen-bond acceptors (Lipinski definition) is 3. The van der Waals surface area contributed by atoms with E-state index in [0.29, 0.717) is 5.56 Å². The minimum atomic E-state index is -0.0656. The third kappa shape index (κ3) is 4.74. The van der Waals surface area contributed by atoms with Crippen molar-refractivity contribution in [1.82, 2.24) is 4.90 Å². The van der Waals surface area contributed by atoms with Crippen LogP contribution in [-0.4, -0.2) is 43.5 Å². The van der Waals surface area contributed by atoms with Gasteiger partial charge < -0.3 is 15.1 Å². The maximum Gasteiger partial charge on any atom is 0.255 e. The van der Waals surface area contributed by atoms with E-state index in [4.69, 9.17) is 0 Å². The van der Waals surface area contributed by atoms with Gasteiger partial charge in [-0.05, 0) is 60.3 Å². The summed E-state index contributed by atoms with van der Waals surface area (Å²) in [6, 6.07) is 14.1. The Labute approximate surface area is 169 Å². The molecular formula is C24H33N3O. The monoisotopic (exact) mass is 379 g/mol. The van der Waals surface area contributed by atoms with Crippen LogP contribution in [0.2, 0.25) is 0 Å². The van der Waals surface area contributed by atoms with Crippen molar-refractivity contribution in [2.24, 2.45) is 0 Å². The molecule has 1 heterocycles. The summed E-state index contributed by atoms with van der Waals surface area (Å²) in [4.78, 5) is 17.5. The lowest BCUT2D eigenvalue weighted by molar-refractivity contribution is 0.102. The van der Waals surface area contributed by atoms with Gasteiger partial charge >= 0.3 is 0 Å². The van der Waals surface area contributed by atoms with Crippen molar-refractivity contribution in [3.05, 3.63) is 59.2 Å². The summed E-state index contributed by atoms with van der Waals surface area (Å²) < 4.78 is 0. The van der Waals surface area contributed by atoms with E-state index in [-0.39, 0.29) is 11.3 Å². The molecule has 4 heteroatoms. The number of nitrogens with zero attached hydrogens (tertiary/aromatic N) is 2. The van der Waals surface area contributed by atoms with Crippen LogP contribution in [0.4, 0.5) is 11.4 Å². The van der Waals surface area contributed by atoms with Crippen LogP contribution in [0.3, 0.4) is 0 Å². The predicted octanol–water partition coefficient (Wildman–Crippen LogP) is 4.69. The van der Waals surface area contributed by atoms with E-state index in [1.807, 2.05) is 30.3 Å². The fourth-order valence-corrected chi connectivity index (χ4v) is 3.72. The molecule has 0 spiro atoms. The van der Waals surface area contributed by atoms with Gasteiger partial charge in [-0.3, -0.25) is 4.79 Å². The Morgan fingerprint density at radius 1 is 1.00 bits per heavy atom. The highest BCUT2D eigenvalue weighted by Gasteiger charge is 2.18. The van der Waals surface area contributed by atoms with Gasteiger partial charge in [0, 0.05) is 43.1 Å². The number of piperazine rings is 1. The van der Waals surface area contributed by atoms with Crippen LogP contribution in [-0.2, 0) is 5.41 Å². The molecule has 1 aliphatic heterocycles. The van der Waals surface area contributed by atoms with Crippen LogP contribution in [0, 0.1) is 6.92 Å². The van der Waals surface area contributed by atoms with E-state index in [1.165, 1.54) is 16.8 Å². The van der Waals surface area contributed by atoms with Gasteiger partial charge in [-0.1, -0.05) is 39.8 Å². The summed E-state index contributed by atoms with van der Waals surface area (Å²) in [5, 5.41) is 3.04. The van der Waals surface area contributed by atoms with Crippen molar-refractivity contribution in [1.29, 1.82) is 0 Å². The zero-order valence-corrected chi connectivity index (χ0v) is 17.9. The molecule has 1 N–H and O–H groups in total. The SMILES string of the molecule is CCN1CCN(c2ccc(NC(=O)c3ccc(C(C)(C)C)cc3)cc2C)CC1. The fourth-order valence-electron chi connectivity index (χ4n) is 3.72. The van der Waals surface area contributed by atoms with Gasteiger partial charge in [0.05, 0.1) is 0 Å². The van der Waals surface area contributed by atoms with Gasteiger partial charge in [-0.2, -0.15) is 0 Å². The number of hydrogen-bond donors (Lipinski definition) is 1. The quantitative estimate of drug-likeness (QED) is 0.837. The lowest BCUT2D eigenvalue weighted by Crippen LogP contribution is -2.46. The molecule has 0 saturated carbocycles. The van der Waals surface area contributed by atoms with E-state index in [0.717, 1.165) is 38.4 Å². The van der Waals surface area contributed by atoms with Crippen molar-refractivity contribution in [2.45, 2.75) is 40.0 Å². The molecule has 28 heavy (non-hydrogen) atoms. The first-order chi connectivity index (χ1) is 13.3. The van der Waals surface area contributed by atoms with E-state index in [1.54, 1.807) is 0 Å². The first-order valence-electron chi connectivity index (χ1n) is 10.3. The van der Waals surface area contributed by atoms with Crippen molar-refractivity contribution < 1.29 is 4.79 Å². The second-order valence-electron chi connectivity index (χ2n) is 8.70. The smallest absolute Gasteiger partial charge is 0.255 e. The third-order valence-corrected chi connectivity index (χ3v) is 5.63. The molecule has 0 bridgehead atoms. The van der Waals surface area contributed by atoms with Gasteiger partial charge in [0.2, 0.25) is 0 Å². The Bertz CT molecular complexity index is 813. The summed E-state index contributed by atoms with van der Waals surface area (Å²) in [6.45, 7) is 16.3. The topological polar surface area (TPSA) is 35.6 Å². The predicted molar refractivity (Wildman–Crippen MR) is 119 cm³/mol. The molecule has 1 saturated heterocycles. The molecule has 0 atom stereocenters. The van der Waals surface area contributed by atoms with Gasteiger partial charge in [0.15, 0.2) is 0 Å².